The summed E-state index contributed by atoms with van der Waals surface area (Å²) in [4.78, 5) is 41.9. The predicted octanol–water partition coefficient (Wildman–Crippen LogP) is 1.76. The second-order valence-electron chi connectivity index (χ2n) is 6.05. The Balaban J connectivity index is 1.72. The molecule has 3 rings (SSSR count). The summed E-state index contributed by atoms with van der Waals surface area (Å²) in [5.74, 6) is -0.788. The molecular formula is C19H20N4O4. The van der Waals surface area contributed by atoms with Crippen LogP contribution in [0.1, 0.15) is 27.8 Å². The van der Waals surface area contributed by atoms with Gasteiger partial charge in [0.1, 0.15) is 5.69 Å². The number of morpholine rings is 1. The van der Waals surface area contributed by atoms with E-state index in [1.807, 2.05) is 0 Å². The summed E-state index contributed by atoms with van der Waals surface area (Å²) in [5.41, 5.74) is 1.63. The van der Waals surface area contributed by atoms with Gasteiger partial charge in [0.05, 0.1) is 13.2 Å². The highest BCUT2D eigenvalue weighted by molar-refractivity contribution is 6.05. The Morgan fingerprint density at radius 2 is 1.74 bits per heavy atom. The van der Waals surface area contributed by atoms with Crippen LogP contribution in [0, 0.1) is 0 Å². The standard InChI is InChI=1S/C19H20N4O4/c1-13(24)21-15-3-2-4-16(12-15)22-18(25)17-11-14(5-6-20-17)19(26)23-7-9-27-10-8-23/h2-6,11-12H,7-10H2,1H3,(H,21,24)(H,22,25). The van der Waals surface area contributed by atoms with Crippen LogP contribution in [0.15, 0.2) is 42.6 Å². The number of nitrogens with one attached hydrogen (secondary N) is 2. The fraction of sp³-hybridized carbons (Fsp3) is 0.263. The lowest BCUT2D eigenvalue weighted by atomic mass is 10.2. The molecule has 0 spiro atoms. The number of amides is 3. The van der Waals surface area contributed by atoms with Crippen molar-refractivity contribution >= 4 is 29.1 Å². The van der Waals surface area contributed by atoms with Crippen molar-refractivity contribution in [2.24, 2.45) is 0 Å². The first-order chi connectivity index (χ1) is 13.0. The Morgan fingerprint density at radius 3 is 2.44 bits per heavy atom. The number of benzene rings is 1. The summed E-state index contributed by atoms with van der Waals surface area (Å²) >= 11 is 0. The van der Waals surface area contributed by atoms with E-state index in [4.69, 9.17) is 4.74 Å². The number of hydrogen-bond acceptors (Lipinski definition) is 5. The molecular weight excluding hydrogens is 348 g/mol. The minimum absolute atomic E-state index is 0.138. The molecule has 0 unspecified atom stereocenters. The molecule has 1 aliphatic heterocycles. The van der Waals surface area contributed by atoms with E-state index in [-0.39, 0.29) is 17.5 Å². The molecule has 1 saturated heterocycles. The number of pyridine rings is 1. The van der Waals surface area contributed by atoms with Crippen LogP contribution in [0.25, 0.3) is 0 Å². The first kappa shape index (κ1) is 18.5. The van der Waals surface area contributed by atoms with Gasteiger partial charge in [0.25, 0.3) is 11.8 Å². The minimum atomic E-state index is -0.438. The van der Waals surface area contributed by atoms with Gasteiger partial charge in [0, 0.05) is 43.1 Å². The van der Waals surface area contributed by atoms with Crippen LogP contribution in [0.2, 0.25) is 0 Å². The molecule has 0 aliphatic carbocycles. The van der Waals surface area contributed by atoms with E-state index in [0.29, 0.717) is 43.2 Å². The average molecular weight is 368 g/mol. The van der Waals surface area contributed by atoms with Gasteiger partial charge in [-0.2, -0.15) is 0 Å². The van der Waals surface area contributed by atoms with Gasteiger partial charge in [-0.25, -0.2) is 0 Å². The molecule has 2 aromatic rings. The van der Waals surface area contributed by atoms with Gasteiger partial charge in [-0.15, -0.1) is 0 Å². The monoisotopic (exact) mass is 368 g/mol. The van der Waals surface area contributed by atoms with E-state index in [2.05, 4.69) is 15.6 Å². The largest absolute Gasteiger partial charge is 0.378 e. The predicted molar refractivity (Wildman–Crippen MR) is 99.7 cm³/mol. The van der Waals surface area contributed by atoms with Gasteiger partial charge < -0.3 is 20.3 Å². The maximum Gasteiger partial charge on any atom is 0.274 e. The van der Waals surface area contributed by atoms with E-state index >= 15 is 0 Å². The Labute approximate surface area is 156 Å². The first-order valence-electron chi connectivity index (χ1n) is 8.55. The number of anilines is 2. The van der Waals surface area contributed by atoms with Gasteiger partial charge >= 0.3 is 0 Å². The third-order valence-electron chi connectivity index (χ3n) is 3.98. The zero-order chi connectivity index (χ0) is 19.2. The summed E-state index contributed by atoms with van der Waals surface area (Å²) < 4.78 is 5.25. The van der Waals surface area contributed by atoms with E-state index in [1.165, 1.54) is 19.2 Å². The third-order valence-corrected chi connectivity index (χ3v) is 3.98. The van der Waals surface area contributed by atoms with Crippen molar-refractivity contribution < 1.29 is 19.1 Å². The highest BCUT2D eigenvalue weighted by Gasteiger charge is 2.20. The van der Waals surface area contributed by atoms with E-state index < -0.39 is 5.91 Å². The quantitative estimate of drug-likeness (QED) is 0.857. The summed E-state index contributed by atoms with van der Waals surface area (Å²) in [6, 6.07) is 9.84. The zero-order valence-electron chi connectivity index (χ0n) is 14.9. The number of nitrogens with zero attached hydrogens (tertiary/aromatic N) is 2. The van der Waals surface area contributed by atoms with E-state index in [0.717, 1.165) is 0 Å². The van der Waals surface area contributed by atoms with Crippen LogP contribution < -0.4 is 10.6 Å². The van der Waals surface area contributed by atoms with Crippen molar-refractivity contribution in [1.29, 1.82) is 0 Å². The number of carbonyl (C=O) groups excluding carboxylic acids is 3. The molecule has 0 bridgehead atoms. The lowest BCUT2D eigenvalue weighted by Crippen LogP contribution is -2.40. The topological polar surface area (TPSA) is 101 Å². The molecule has 8 heteroatoms. The molecule has 0 saturated carbocycles. The molecule has 2 heterocycles. The van der Waals surface area contributed by atoms with Crippen molar-refractivity contribution in [2.45, 2.75) is 6.92 Å². The van der Waals surface area contributed by atoms with Crippen molar-refractivity contribution in [1.82, 2.24) is 9.88 Å². The summed E-state index contributed by atoms with van der Waals surface area (Å²) in [5, 5.41) is 5.37. The van der Waals surface area contributed by atoms with Crippen molar-refractivity contribution in [2.75, 3.05) is 36.9 Å². The fourth-order valence-electron chi connectivity index (χ4n) is 2.71. The van der Waals surface area contributed by atoms with Gasteiger partial charge in [-0.05, 0) is 30.3 Å². The number of rotatable bonds is 4. The van der Waals surface area contributed by atoms with E-state index in [1.54, 1.807) is 35.2 Å². The number of ether oxygens (including phenoxy) is 1. The van der Waals surface area contributed by atoms with Gasteiger partial charge in [-0.3, -0.25) is 19.4 Å². The molecule has 3 amide bonds. The van der Waals surface area contributed by atoms with Gasteiger partial charge in [-0.1, -0.05) is 6.07 Å². The van der Waals surface area contributed by atoms with Crippen molar-refractivity contribution in [3.05, 3.63) is 53.9 Å². The van der Waals surface area contributed by atoms with Gasteiger partial charge in [0.2, 0.25) is 5.91 Å². The highest BCUT2D eigenvalue weighted by Crippen LogP contribution is 2.16. The normalized spacial score (nSPS) is 13.7. The van der Waals surface area contributed by atoms with E-state index in [9.17, 15) is 14.4 Å². The molecule has 0 radical (unpaired) electrons. The second-order valence-corrected chi connectivity index (χ2v) is 6.05. The SMILES string of the molecule is CC(=O)Nc1cccc(NC(=O)c2cc(C(=O)N3CCOCC3)ccn2)c1. The van der Waals surface area contributed by atoms with Crippen LogP contribution in [0.5, 0.6) is 0 Å². The Kier molecular flexibility index (Phi) is 5.77. The van der Waals surface area contributed by atoms with Crippen LogP contribution in [-0.2, 0) is 9.53 Å². The smallest absolute Gasteiger partial charge is 0.274 e. The lowest BCUT2D eigenvalue weighted by molar-refractivity contribution is -0.114. The third kappa shape index (κ3) is 4.89. The fourth-order valence-corrected chi connectivity index (χ4v) is 2.71. The molecule has 8 nitrogen and oxygen atoms in total. The lowest BCUT2D eigenvalue weighted by Gasteiger charge is -2.26. The average Bonchev–Trinajstić information content (AvgIpc) is 2.68. The van der Waals surface area contributed by atoms with Crippen LogP contribution >= 0.6 is 0 Å². The second kappa shape index (κ2) is 8.41. The maximum atomic E-state index is 12.6. The summed E-state index contributed by atoms with van der Waals surface area (Å²) in [6.45, 7) is 3.48. The first-order valence-corrected chi connectivity index (χ1v) is 8.55. The molecule has 1 fully saturated rings. The molecule has 1 aromatic heterocycles. The van der Waals surface area contributed by atoms with Gasteiger partial charge in [0.15, 0.2) is 0 Å². The maximum absolute atomic E-state index is 12.6. The number of carbonyl (C=O) groups is 3. The van der Waals surface area contributed by atoms with Crippen LogP contribution in [0.3, 0.4) is 0 Å². The minimum Gasteiger partial charge on any atom is -0.378 e. The number of hydrogen-bond donors (Lipinski definition) is 2. The van der Waals surface area contributed by atoms with Crippen LogP contribution in [-0.4, -0.2) is 53.9 Å². The number of aromatic nitrogens is 1. The van der Waals surface area contributed by atoms with Crippen molar-refractivity contribution in [3.8, 4) is 0 Å². The summed E-state index contributed by atoms with van der Waals surface area (Å²) in [7, 11) is 0. The zero-order valence-corrected chi connectivity index (χ0v) is 14.9. The molecule has 0 atom stereocenters. The molecule has 140 valence electrons. The summed E-state index contributed by atoms with van der Waals surface area (Å²) in [6.07, 6.45) is 1.44. The molecule has 2 N–H and O–H groups in total. The van der Waals surface area contributed by atoms with Crippen molar-refractivity contribution in [3.63, 3.8) is 0 Å². The Morgan fingerprint density at radius 1 is 1.04 bits per heavy atom. The molecule has 1 aromatic carbocycles. The Hall–Kier alpha value is -3.26. The highest BCUT2D eigenvalue weighted by atomic mass is 16.5. The molecule has 27 heavy (non-hydrogen) atoms. The molecule has 1 aliphatic rings. The Bertz CT molecular complexity index is 862. The van der Waals surface area contributed by atoms with Crippen LogP contribution in [0.4, 0.5) is 11.4 Å².